The van der Waals surface area contributed by atoms with Crippen molar-refractivity contribution in [1.82, 2.24) is 10.2 Å². The van der Waals surface area contributed by atoms with Gasteiger partial charge in [0, 0.05) is 22.6 Å². The third-order valence-electron chi connectivity index (χ3n) is 5.33. The Labute approximate surface area is 187 Å². The maximum absolute atomic E-state index is 13.0. The third kappa shape index (κ3) is 6.13. The number of amides is 2. The first kappa shape index (κ1) is 22.4. The van der Waals surface area contributed by atoms with Crippen molar-refractivity contribution in [3.63, 3.8) is 0 Å². The van der Waals surface area contributed by atoms with Crippen LogP contribution in [0.1, 0.15) is 38.2 Å². The summed E-state index contributed by atoms with van der Waals surface area (Å²) in [7, 11) is 0. The van der Waals surface area contributed by atoms with Gasteiger partial charge in [0.1, 0.15) is 11.8 Å². The van der Waals surface area contributed by atoms with Gasteiger partial charge in [-0.15, -0.1) is 0 Å². The SMILES string of the molecule is C[C@@H](C(=O)NC1CCCC1)N(Cc1ccc(Cl)cc1Cl)C(=O)COc1ccccc1. The van der Waals surface area contributed by atoms with Crippen molar-refractivity contribution >= 4 is 35.0 Å². The van der Waals surface area contributed by atoms with Crippen molar-refractivity contribution in [2.24, 2.45) is 0 Å². The molecule has 1 N–H and O–H groups in total. The molecular formula is C23H26Cl2N2O3. The van der Waals surface area contributed by atoms with Crippen LogP contribution in [0.2, 0.25) is 10.0 Å². The molecule has 3 rings (SSSR count). The zero-order valence-corrected chi connectivity index (χ0v) is 18.5. The number of rotatable bonds is 8. The molecule has 30 heavy (non-hydrogen) atoms. The summed E-state index contributed by atoms with van der Waals surface area (Å²) in [4.78, 5) is 27.4. The van der Waals surface area contributed by atoms with Crippen LogP contribution in [0.4, 0.5) is 0 Å². The highest BCUT2D eigenvalue weighted by atomic mass is 35.5. The molecule has 2 aromatic rings. The summed E-state index contributed by atoms with van der Waals surface area (Å²) in [5.41, 5.74) is 0.717. The summed E-state index contributed by atoms with van der Waals surface area (Å²) in [5.74, 6) is 0.136. The summed E-state index contributed by atoms with van der Waals surface area (Å²) < 4.78 is 5.62. The molecule has 0 aliphatic heterocycles. The zero-order valence-electron chi connectivity index (χ0n) is 16.9. The van der Waals surface area contributed by atoms with Crippen molar-refractivity contribution in [3.05, 3.63) is 64.1 Å². The Morgan fingerprint density at radius 3 is 2.50 bits per heavy atom. The minimum Gasteiger partial charge on any atom is -0.484 e. The van der Waals surface area contributed by atoms with Crippen LogP contribution in [0.3, 0.4) is 0 Å². The third-order valence-corrected chi connectivity index (χ3v) is 5.92. The summed E-state index contributed by atoms with van der Waals surface area (Å²) in [6.45, 7) is 1.75. The van der Waals surface area contributed by atoms with Gasteiger partial charge in [-0.3, -0.25) is 9.59 Å². The number of para-hydroxylation sites is 1. The molecule has 2 amide bonds. The number of nitrogens with zero attached hydrogens (tertiary/aromatic N) is 1. The molecule has 5 nitrogen and oxygen atoms in total. The number of nitrogens with one attached hydrogen (secondary N) is 1. The number of carbonyl (C=O) groups excluding carboxylic acids is 2. The molecule has 1 aliphatic rings. The van der Waals surface area contributed by atoms with Crippen molar-refractivity contribution in [2.45, 2.75) is 51.2 Å². The standard InChI is InChI=1S/C23H26Cl2N2O3/c1-16(23(29)26-19-7-5-6-8-19)27(14-17-11-12-18(24)13-21(17)25)22(28)15-30-20-9-3-2-4-10-20/h2-4,9-13,16,19H,5-8,14-15H2,1H3,(H,26,29)/t16-/m0/s1. The fraction of sp³-hybridized carbons (Fsp3) is 0.391. The van der Waals surface area contributed by atoms with E-state index in [1.165, 1.54) is 4.90 Å². The molecule has 0 radical (unpaired) electrons. The van der Waals surface area contributed by atoms with Crippen molar-refractivity contribution in [1.29, 1.82) is 0 Å². The summed E-state index contributed by atoms with van der Waals surface area (Å²) in [6, 6.07) is 13.7. The van der Waals surface area contributed by atoms with Gasteiger partial charge in [0.2, 0.25) is 5.91 Å². The summed E-state index contributed by atoms with van der Waals surface area (Å²) >= 11 is 12.3. The second-order valence-corrected chi connectivity index (χ2v) is 8.37. The average Bonchev–Trinajstić information content (AvgIpc) is 3.25. The normalized spacial score (nSPS) is 14.9. The lowest BCUT2D eigenvalue weighted by atomic mass is 10.1. The largest absolute Gasteiger partial charge is 0.484 e. The molecular weight excluding hydrogens is 423 g/mol. The van der Waals surface area contributed by atoms with E-state index < -0.39 is 6.04 Å². The van der Waals surface area contributed by atoms with Gasteiger partial charge in [0.15, 0.2) is 6.61 Å². The van der Waals surface area contributed by atoms with E-state index in [-0.39, 0.29) is 31.0 Å². The lowest BCUT2D eigenvalue weighted by Gasteiger charge is -2.30. The quantitative estimate of drug-likeness (QED) is 0.627. The van der Waals surface area contributed by atoms with Crippen molar-refractivity contribution in [2.75, 3.05) is 6.61 Å². The van der Waals surface area contributed by atoms with E-state index in [9.17, 15) is 9.59 Å². The van der Waals surface area contributed by atoms with Crippen LogP contribution in [0.15, 0.2) is 48.5 Å². The van der Waals surface area contributed by atoms with Crippen LogP contribution >= 0.6 is 23.2 Å². The van der Waals surface area contributed by atoms with E-state index in [1.54, 1.807) is 37.3 Å². The number of benzene rings is 2. The lowest BCUT2D eigenvalue weighted by molar-refractivity contribution is -0.142. The van der Waals surface area contributed by atoms with Gasteiger partial charge in [0.05, 0.1) is 0 Å². The number of carbonyl (C=O) groups is 2. The fourth-order valence-electron chi connectivity index (χ4n) is 3.55. The van der Waals surface area contributed by atoms with E-state index >= 15 is 0 Å². The van der Waals surface area contributed by atoms with Gasteiger partial charge in [-0.2, -0.15) is 0 Å². The second-order valence-electron chi connectivity index (χ2n) is 7.53. The molecule has 1 saturated carbocycles. The molecule has 0 bridgehead atoms. The van der Waals surface area contributed by atoms with Crippen molar-refractivity contribution < 1.29 is 14.3 Å². The molecule has 0 saturated heterocycles. The maximum Gasteiger partial charge on any atom is 0.261 e. The zero-order chi connectivity index (χ0) is 21.5. The topological polar surface area (TPSA) is 58.6 Å². The number of ether oxygens (including phenoxy) is 1. The molecule has 0 aromatic heterocycles. The number of halogens is 2. The number of hydrogen-bond donors (Lipinski definition) is 1. The molecule has 0 heterocycles. The molecule has 0 unspecified atom stereocenters. The van der Waals surface area contributed by atoms with E-state index in [2.05, 4.69) is 5.32 Å². The van der Waals surface area contributed by atoms with Gasteiger partial charge in [-0.05, 0) is 49.6 Å². The van der Waals surface area contributed by atoms with E-state index in [4.69, 9.17) is 27.9 Å². The molecule has 1 aliphatic carbocycles. The minimum atomic E-state index is -0.663. The van der Waals surface area contributed by atoms with Crippen LogP contribution in [0.25, 0.3) is 0 Å². The van der Waals surface area contributed by atoms with Gasteiger partial charge in [-0.1, -0.05) is 60.3 Å². The van der Waals surface area contributed by atoms with Gasteiger partial charge < -0.3 is 15.0 Å². The Hall–Kier alpha value is -2.24. The predicted octanol–water partition coefficient (Wildman–Crippen LogP) is 4.85. The molecule has 7 heteroatoms. The highest BCUT2D eigenvalue weighted by molar-refractivity contribution is 6.35. The molecule has 160 valence electrons. The molecule has 0 spiro atoms. The lowest BCUT2D eigenvalue weighted by Crippen LogP contribution is -2.50. The molecule has 1 atom stereocenters. The minimum absolute atomic E-state index is 0.167. The Balaban J connectivity index is 1.73. The van der Waals surface area contributed by atoms with E-state index in [0.717, 1.165) is 31.2 Å². The highest BCUT2D eigenvalue weighted by Gasteiger charge is 2.29. The average molecular weight is 449 g/mol. The molecule has 1 fully saturated rings. The predicted molar refractivity (Wildman–Crippen MR) is 119 cm³/mol. The van der Waals surface area contributed by atoms with Crippen LogP contribution in [-0.4, -0.2) is 35.4 Å². The van der Waals surface area contributed by atoms with Crippen LogP contribution < -0.4 is 10.1 Å². The monoisotopic (exact) mass is 448 g/mol. The smallest absolute Gasteiger partial charge is 0.261 e. The van der Waals surface area contributed by atoms with Crippen LogP contribution in [-0.2, 0) is 16.1 Å². The van der Waals surface area contributed by atoms with Crippen LogP contribution in [0.5, 0.6) is 5.75 Å². The van der Waals surface area contributed by atoms with E-state index in [0.29, 0.717) is 15.8 Å². The Kier molecular flexibility index (Phi) is 8.00. The van der Waals surface area contributed by atoms with E-state index in [1.807, 2.05) is 18.2 Å². The van der Waals surface area contributed by atoms with Gasteiger partial charge >= 0.3 is 0 Å². The van der Waals surface area contributed by atoms with Gasteiger partial charge in [0.25, 0.3) is 5.91 Å². The summed E-state index contributed by atoms with van der Waals surface area (Å²) in [5, 5.41) is 4.04. The van der Waals surface area contributed by atoms with Crippen molar-refractivity contribution in [3.8, 4) is 5.75 Å². The first-order valence-corrected chi connectivity index (χ1v) is 10.9. The van der Waals surface area contributed by atoms with Gasteiger partial charge in [-0.25, -0.2) is 0 Å². The second kappa shape index (κ2) is 10.7. The maximum atomic E-state index is 13.0. The Morgan fingerprint density at radius 1 is 1.13 bits per heavy atom. The molecule has 2 aromatic carbocycles. The Morgan fingerprint density at radius 2 is 1.83 bits per heavy atom. The number of hydrogen-bond acceptors (Lipinski definition) is 3. The first-order chi connectivity index (χ1) is 14.4. The van der Waals surface area contributed by atoms with Crippen LogP contribution in [0, 0.1) is 0 Å². The highest BCUT2D eigenvalue weighted by Crippen LogP contribution is 2.24. The fourth-order valence-corrected chi connectivity index (χ4v) is 4.02. The first-order valence-electron chi connectivity index (χ1n) is 10.2. The summed E-state index contributed by atoms with van der Waals surface area (Å²) in [6.07, 6.45) is 4.19. The Bertz CT molecular complexity index is 870.